The molecule has 0 bridgehead atoms. The fourth-order valence-electron chi connectivity index (χ4n) is 2.98. The monoisotopic (exact) mass is 312 g/mol. The van der Waals surface area contributed by atoms with Crippen molar-refractivity contribution in [2.75, 3.05) is 26.8 Å². The Balaban J connectivity index is 1.61. The van der Waals surface area contributed by atoms with Gasteiger partial charge in [-0.25, -0.2) is 4.98 Å². The Morgan fingerprint density at radius 1 is 1.43 bits per heavy atom. The van der Waals surface area contributed by atoms with Crippen LogP contribution in [0.4, 0.5) is 0 Å². The largest absolute Gasteiger partial charge is 0.491 e. The SMILES string of the molecule is CO[C@@H]1C[C@@H](c2ncc[nH]2)N(CCOc2ccccc2C#N)C1. The number of aromatic amines is 1. The number of ether oxygens (including phenoxy) is 2. The lowest BCUT2D eigenvalue weighted by molar-refractivity contribution is 0.105. The summed E-state index contributed by atoms with van der Waals surface area (Å²) in [7, 11) is 1.74. The van der Waals surface area contributed by atoms with Crippen LogP contribution in [0, 0.1) is 11.3 Å². The van der Waals surface area contributed by atoms with E-state index >= 15 is 0 Å². The minimum atomic E-state index is 0.205. The number of methoxy groups -OCH3 is 1. The van der Waals surface area contributed by atoms with Crippen LogP contribution in [0.3, 0.4) is 0 Å². The van der Waals surface area contributed by atoms with Crippen molar-refractivity contribution in [1.29, 1.82) is 5.26 Å². The average molecular weight is 312 g/mol. The number of nitrogens with zero attached hydrogens (tertiary/aromatic N) is 3. The summed E-state index contributed by atoms with van der Waals surface area (Å²) in [6.07, 6.45) is 4.73. The molecule has 2 heterocycles. The molecule has 1 aliphatic heterocycles. The van der Waals surface area contributed by atoms with E-state index in [0.29, 0.717) is 17.9 Å². The van der Waals surface area contributed by atoms with E-state index in [1.54, 1.807) is 19.4 Å². The lowest BCUT2D eigenvalue weighted by Crippen LogP contribution is -2.30. The first-order valence-electron chi connectivity index (χ1n) is 7.70. The molecule has 1 fully saturated rings. The van der Waals surface area contributed by atoms with Crippen LogP contribution in [0.1, 0.15) is 23.9 Å². The van der Waals surface area contributed by atoms with Crippen molar-refractivity contribution in [2.24, 2.45) is 0 Å². The number of nitrogens with one attached hydrogen (secondary N) is 1. The summed E-state index contributed by atoms with van der Waals surface area (Å²) >= 11 is 0. The van der Waals surface area contributed by atoms with Crippen molar-refractivity contribution >= 4 is 0 Å². The summed E-state index contributed by atoms with van der Waals surface area (Å²) in [5, 5.41) is 9.09. The quantitative estimate of drug-likeness (QED) is 0.884. The standard InChI is InChI=1S/C17H20N4O2/c1-22-14-10-15(17-19-6-7-20-17)21(12-14)8-9-23-16-5-3-2-4-13(16)11-18/h2-7,14-15H,8-10,12H2,1H3,(H,19,20)/t14-,15+/m1/s1. The maximum absolute atomic E-state index is 9.09. The van der Waals surface area contributed by atoms with E-state index in [-0.39, 0.29) is 12.1 Å². The van der Waals surface area contributed by atoms with E-state index in [1.807, 2.05) is 24.4 Å². The van der Waals surface area contributed by atoms with Crippen LogP contribution >= 0.6 is 0 Å². The topological polar surface area (TPSA) is 74.2 Å². The maximum Gasteiger partial charge on any atom is 0.137 e. The highest BCUT2D eigenvalue weighted by Crippen LogP contribution is 2.31. The summed E-state index contributed by atoms with van der Waals surface area (Å²) in [5.74, 6) is 1.59. The third kappa shape index (κ3) is 3.52. The molecule has 120 valence electrons. The molecule has 0 aliphatic carbocycles. The van der Waals surface area contributed by atoms with Gasteiger partial charge in [-0.05, 0) is 18.6 Å². The Bertz CT molecular complexity index is 665. The van der Waals surface area contributed by atoms with Crippen LogP contribution in [-0.2, 0) is 4.74 Å². The van der Waals surface area contributed by atoms with E-state index in [0.717, 1.165) is 25.3 Å². The van der Waals surface area contributed by atoms with Gasteiger partial charge in [0, 0.05) is 32.6 Å². The lowest BCUT2D eigenvalue weighted by atomic mass is 10.2. The second kappa shape index (κ2) is 7.27. The molecule has 2 aromatic rings. The number of hydrogen-bond donors (Lipinski definition) is 1. The van der Waals surface area contributed by atoms with Gasteiger partial charge < -0.3 is 14.5 Å². The fraction of sp³-hybridized carbons (Fsp3) is 0.412. The van der Waals surface area contributed by atoms with Gasteiger partial charge in [-0.15, -0.1) is 0 Å². The van der Waals surface area contributed by atoms with Crippen LogP contribution in [-0.4, -0.2) is 47.8 Å². The van der Waals surface area contributed by atoms with Gasteiger partial charge in [0.1, 0.15) is 24.3 Å². The molecule has 1 aliphatic rings. The Hall–Kier alpha value is -2.36. The first-order chi connectivity index (χ1) is 11.3. The molecule has 0 spiro atoms. The maximum atomic E-state index is 9.09. The molecule has 0 radical (unpaired) electrons. The molecule has 2 atom stereocenters. The first kappa shape index (κ1) is 15.5. The minimum absolute atomic E-state index is 0.205. The smallest absolute Gasteiger partial charge is 0.137 e. The number of hydrogen-bond acceptors (Lipinski definition) is 5. The van der Waals surface area contributed by atoms with Crippen molar-refractivity contribution in [3.8, 4) is 11.8 Å². The zero-order chi connectivity index (χ0) is 16.1. The Kier molecular flexibility index (Phi) is 4.91. The van der Waals surface area contributed by atoms with Crippen molar-refractivity contribution in [3.63, 3.8) is 0 Å². The molecule has 6 nitrogen and oxygen atoms in total. The van der Waals surface area contributed by atoms with E-state index in [1.165, 1.54) is 0 Å². The van der Waals surface area contributed by atoms with Gasteiger partial charge >= 0.3 is 0 Å². The summed E-state index contributed by atoms with van der Waals surface area (Å²) < 4.78 is 11.3. The normalized spacial score (nSPS) is 21.2. The molecule has 6 heteroatoms. The molecular formula is C17H20N4O2. The van der Waals surface area contributed by atoms with Gasteiger partial charge in [0.2, 0.25) is 0 Å². The predicted molar refractivity (Wildman–Crippen MR) is 85.0 cm³/mol. The van der Waals surface area contributed by atoms with Crippen LogP contribution in [0.5, 0.6) is 5.75 Å². The number of nitriles is 1. The highest BCUT2D eigenvalue weighted by atomic mass is 16.5. The Morgan fingerprint density at radius 2 is 2.30 bits per heavy atom. The second-order valence-corrected chi connectivity index (χ2v) is 5.53. The molecule has 1 saturated heterocycles. The molecule has 3 rings (SSSR count). The molecule has 0 unspecified atom stereocenters. The molecule has 0 amide bonds. The van der Waals surface area contributed by atoms with Crippen molar-refractivity contribution in [2.45, 2.75) is 18.6 Å². The van der Waals surface area contributed by atoms with Crippen molar-refractivity contribution in [3.05, 3.63) is 48.0 Å². The van der Waals surface area contributed by atoms with Gasteiger partial charge in [0.25, 0.3) is 0 Å². The number of imidazole rings is 1. The minimum Gasteiger partial charge on any atom is -0.491 e. The average Bonchev–Trinajstić information content (AvgIpc) is 3.24. The van der Waals surface area contributed by atoms with E-state index in [9.17, 15) is 0 Å². The van der Waals surface area contributed by atoms with Gasteiger partial charge in [-0.3, -0.25) is 4.90 Å². The zero-order valence-electron chi connectivity index (χ0n) is 13.1. The number of benzene rings is 1. The highest BCUT2D eigenvalue weighted by Gasteiger charge is 2.34. The molecule has 0 saturated carbocycles. The van der Waals surface area contributed by atoms with Crippen LogP contribution in [0.15, 0.2) is 36.7 Å². The lowest BCUT2D eigenvalue weighted by Gasteiger charge is -2.22. The van der Waals surface area contributed by atoms with E-state index < -0.39 is 0 Å². The summed E-state index contributed by atoms with van der Waals surface area (Å²) in [6.45, 7) is 2.13. The number of H-pyrrole nitrogens is 1. The van der Waals surface area contributed by atoms with Crippen LogP contribution in [0.25, 0.3) is 0 Å². The summed E-state index contributed by atoms with van der Waals surface area (Å²) in [5.41, 5.74) is 0.561. The van der Waals surface area contributed by atoms with Gasteiger partial charge in [0.05, 0.1) is 17.7 Å². The Labute approximate surface area is 135 Å². The number of para-hydroxylation sites is 1. The summed E-state index contributed by atoms with van der Waals surface area (Å²) in [6, 6.07) is 9.66. The zero-order valence-corrected chi connectivity index (χ0v) is 13.1. The molecule has 1 N–H and O–H groups in total. The van der Waals surface area contributed by atoms with Crippen molar-refractivity contribution < 1.29 is 9.47 Å². The second-order valence-electron chi connectivity index (χ2n) is 5.53. The van der Waals surface area contributed by atoms with E-state index in [4.69, 9.17) is 14.7 Å². The van der Waals surface area contributed by atoms with Gasteiger partial charge in [-0.2, -0.15) is 5.26 Å². The van der Waals surface area contributed by atoms with Gasteiger partial charge in [0.15, 0.2) is 0 Å². The number of rotatable bonds is 6. The summed E-state index contributed by atoms with van der Waals surface area (Å²) in [4.78, 5) is 9.87. The van der Waals surface area contributed by atoms with Crippen molar-refractivity contribution in [1.82, 2.24) is 14.9 Å². The first-order valence-corrected chi connectivity index (χ1v) is 7.70. The van der Waals surface area contributed by atoms with Crippen LogP contribution in [0.2, 0.25) is 0 Å². The highest BCUT2D eigenvalue weighted by molar-refractivity contribution is 5.42. The van der Waals surface area contributed by atoms with Crippen LogP contribution < -0.4 is 4.74 Å². The number of likely N-dealkylation sites (tertiary alicyclic amines) is 1. The van der Waals surface area contributed by atoms with Gasteiger partial charge in [-0.1, -0.05) is 12.1 Å². The molecule has 1 aromatic heterocycles. The third-order valence-electron chi connectivity index (χ3n) is 4.18. The molecule has 1 aromatic carbocycles. The predicted octanol–water partition coefficient (Wildman–Crippen LogP) is 2.12. The Morgan fingerprint density at radius 3 is 3.04 bits per heavy atom. The third-order valence-corrected chi connectivity index (χ3v) is 4.18. The molecule has 23 heavy (non-hydrogen) atoms. The van der Waals surface area contributed by atoms with E-state index in [2.05, 4.69) is 20.9 Å². The fourth-order valence-corrected chi connectivity index (χ4v) is 2.98. The molecular weight excluding hydrogens is 292 g/mol. The number of aromatic nitrogens is 2.